The highest BCUT2D eigenvalue weighted by Crippen LogP contribution is 2.57. The lowest BCUT2D eigenvalue weighted by atomic mass is 9.87. The quantitative estimate of drug-likeness (QED) is 0.778. The molecule has 1 aromatic rings. The highest BCUT2D eigenvalue weighted by atomic mass is 16.4. The Morgan fingerprint density at radius 3 is 2.43 bits per heavy atom. The second-order valence-electron chi connectivity index (χ2n) is 4.58. The Kier molecular flexibility index (Phi) is 1.60. The maximum Gasteiger partial charge on any atom is 0.312 e. The van der Waals surface area contributed by atoms with E-state index in [-0.39, 0.29) is 11.4 Å². The minimum absolute atomic E-state index is 0.212. The minimum atomic E-state index is 0.212. The summed E-state index contributed by atoms with van der Waals surface area (Å²) in [6.45, 7) is 0. The summed E-state index contributed by atoms with van der Waals surface area (Å²) in [7, 11) is 0. The largest absolute Gasteiger partial charge is 0.408 e. The Morgan fingerprint density at radius 1 is 1.21 bits per heavy atom. The molecule has 0 radical (unpaired) electrons. The molecule has 2 aliphatic rings. The van der Waals surface area contributed by atoms with Crippen LogP contribution in [-0.4, -0.2) is 10.2 Å². The van der Waals surface area contributed by atoms with Gasteiger partial charge in [-0.3, -0.25) is 0 Å². The molecule has 0 bridgehead atoms. The number of rotatable bonds is 2. The molecule has 2 N–H and O–H groups in total. The van der Waals surface area contributed by atoms with Crippen molar-refractivity contribution in [3.63, 3.8) is 0 Å². The van der Waals surface area contributed by atoms with E-state index >= 15 is 0 Å². The lowest BCUT2D eigenvalue weighted by Gasteiger charge is -2.17. The zero-order valence-electron chi connectivity index (χ0n) is 8.20. The molecule has 0 spiro atoms. The van der Waals surface area contributed by atoms with Gasteiger partial charge in [0.2, 0.25) is 5.89 Å². The maximum absolute atomic E-state index is 5.46. The number of aromatic nitrogens is 2. The average Bonchev–Trinajstić information content (AvgIpc) is 2.68. The number of nitrogens with two attached hydrogens (primary N) is 1. The van der Waals surface area contributed by atoms with Crippen molar-refractivity contribution >= 4 is 6.01 Å². The van der Waals surface area contributed by atoms with Crippen molar-refractivity contribution in [2.24, 2.45) is 5.92 Å². The van der Waals surface area contributed by atoms with Crippen LogP contribution in [0.2, 0.25) is 0 Å². The molecule has 4 nitrogen and oxygen atoms in total. The van der Waals surface area contributed by atoms with Gasteiger partial charge in [0.15, 0.2) is 0 Å². The van der Waals surface area contributed by atoms with Crippen LogP contribution in [0.5, 0.6) is 0 Å². The third kappa shape index (κ3) is 1.06. The maximum atomic E-state index is 5.46. The van der Waals surface area contributed by atoms with Crippen LogP contribution in [0.4, 0.5) is 6.01 Å². The summed E-state index contributed by atoms with van der Waals surface area (Å²) < 4.78 is 5.38. The van der Waals surface area contributed by atoms with E-state index in [2.05, 4.69) is 10.2 Å². The molecule has 3 rings (SSSR count). The Balaban J connectivity index is 1.89. The second-order valence-corrected chi connectivity index (χ2v) is 4.58. The molecule has 0 unspecified atom stereocenters. The normalized spacial score (nSPS) is 25.4. The summed E-state index contributed by atoms with van der Waals surface area (Å²) >= 11 is 0. The van der Waals surface area contributed by atoms with Gasteiger partial charge in [-0.25, -0.2) is 0 Å². The molecule has 76 valence electrons. The van der Waals surface area contributed by atoms with Crippen molar-refractivity contribution in [2.45, 2.75) is 43.9 Å². The zero-order valence-corrected chi connectivity index (χ0v) is 8.20. The molecule has 1 aromatic heterocycles. The Labute approximate surface area is 82.9 Å². The Hall–Kier alpha value is -1.06. The van der Waals surface area contributed by atoms with E-state index in [4.69, 9.17) is 10.2 Å². The zero-order chi connectivity index (χ0) is 9.60. The van der Waals surface area contributed by atoms with Gasteiger partial charge in [-0.15, -0.1) is 5.10 Å². The van der Waals surface area contributed by atoms with Crippen LogP contribution in [0.1, 0.15) is 44.4 Å². The molecule has 2 aliphatic carbocycles. The predicted molar refractivity (Wildman–Crippen MR) is 51.6 cm³/mol. The van der Waals surface area contributed by atoms with Crippen molar-refractivity contribution < 1.29 is 4.42 Å². The number of hydrogen-bond donors (Lipinski definition) is 1. The summed E-state index contributed by atoms with van der Waals surface area (Å²) in [6, 6.07) is 0.212. The minimum Gasteiger partial charge on any atom is -0.408 e. The summed E-state index contributed by atoms with van der Waals surface area (Å²) in [4.78, 5) is 0. The van der Waals surface area contributed by atoms with Crippen LogP contribution in [0.25, 0.3) is 0 Å². The van der Waals surface area contributed by atoms with Crippen molar-refractivity contribution in [1.82, 2.24) is 10.2 Å². The van der Waals surface area contributed by atoms with E-state index in [1.165, 1.54) is 38.5 Å². The van der Waals surface area contributed by atoms with Crippen LogP contribution in [-0.2, 0) is 5.41 Å². The van der Waals surface area contributed by atoms with Gasteiger partial charge in [0, 0.05) is 0 Å². The van der Waals surface area contributed by atoms with E-state index in [9.17, 15) is 0 Å². The number of anilines is 1. The molecule has 4 heteroatoms. The van der Waals surface area contributed by atoms with Gasteiger partial charge in [0.25, 0.3) is 0 Å². The molecule has 0 saturated heterocycles. The molecule has 0 aromatic carbocycles. The Morgan fingerprint density at radius 2 is 1.93 bits per heavy atom. The molecule has 2 fully saturated rings. The van der Waals surface area contributed by atoms with Crippen molar-refractivity contribution in [3.8, 4) is 0 Å². The fraction of sp³-hybridized carbons (Fsp3) is 0.800. The number of nitrogens with zero attached hydrogens (tertiary/aromatic N) is 2. The van der Waals surface area contributed by atoms with Gasteiger partial charge in [-0.05, 0) is 31.6 Å². The Bertz CT molecular complexity index is 337. The standard InChI is InChI=1S/C10H15N3O/c11-9-13-12-8(14-9)10(5-6-10)7-3-1-2-4-7/h7H,1-6H2,(H2,11,13). The molecule has 0 aliphatic heterocycles. The van der Waals surface area contributed by atoms with E-state index in [1.54, 1.807) is 0 Å². The molecule has 2 saturated carbocycles. The topological polar surface area (TPSA) is 64.9 Å². The molecule has 0 atom stereocenters. The van der Waals surface area contributed by atoms with Gasteiger partial charge in [-0.1, -0.05) is 17.9 Å². The van der Waals surface area contributed by atoms with Crippen LogP contribution < -0.4 is 5.73 Å². The first-order valence-electron chi connectivity index (χ1n) is 5.41. The second kappa shape index (κ2) is 2.72. The molecule has 0 amide bonds. The van der Waals surface area contributed by atoms with Crippen LogP contribution in [0.15, 0.2) is 4.42 Å². The van der Waals surface area contributed by atoms with E-state index < -0.39 is 0 Å². The summed E-state index contributed by atoms with van der Waals surface area (Å²) in [5.74, 6) is 1.56. The predicted octanol–water partition coefficient (Wildman–Crippen LogP) is 1.87. The molecular formula is C10H15N3O. The summed E-state index contributed by atoms with van der Waals surface area (Å²) in [5, 5.41) is 7.81. The van der Waals surface area contributed by atoms with Crippen molar-refractivity contribution in [3.05, 3.63) is 5.89 Å². The first kappa shape index (κ1) is 8.26. The number of hydrogen-bond acceptors (Lipinski definition) is 4. The summed E-state index contributed by atoms with van der Waals surface area (Å²) in [6.07, 6.45) is 7.77. The van der Waals surface area contributed by atoms with Gasteiger partial charge in [0.1, 0.15) is 0 Å². The highest BCUT2D eigenvalue weighted by Gasteiger charge is 2.55. The first-order valence-corrected chi connectivity index (χ1v) is 5.41. The lowest BCUT2D eigenvalue weighted by Crippen LogP contribution is -2.18. The van der Waals surface area contributed by atoms with Crippen LogP contribution in [0, 0.1) is 5.92 Å². The fourth-order valence-electron chi connectivity index (χ4n) is 2.85. The van der Waals surface area contributed by atoms with E-state index in [1.807, 2.05) is 0 Å². The molecule has 1 heterocycles. The molecular weight excluding hydrogens is 178 g/mol. The first-order chi connectivity index (χ1) is 6.81. The van der Waals surface area contributed by atoms with Gasteiger partial charge >= 0.3 is 6.01 Å². The van der Waals surface area contributed by atoms with E-state index in [0.717, 1.165) is 11.8 Å². The van der Waals surface area contributed by atoms with Gasteiger partial charge in [-0.2, -0.15) is 0 Å². The third-order valence-electron chi connectivity index (χ3n) is 3.79. The monoisotopic (exact) mass is 193 g/mol. The van der Waals surface area contributed by atoms with Gasteiger partial charge in [0.05, 0.1) is 5.41 Å². The smallest absolute Gasteiger partial charge is 0.312 e. The summed E-state index contributed by atoms with van der Waals surface area (Å²) in [5.41, 5.74) is 5.68. The third-order valence-corrected chi connectivity index (χ3v) is 3.79. The van der Waals surface area contributed by atoms with Crippen LogP contribution in [0.3, 0.4) is 0 Å². The fourth-order valence-corrected chi connectivity index (χ4v) is 2.85. The van der Waals surface area contributed by atoms with Crippen molar-refractivity contribution in [1.29, 1.82) is 0 Å². The highest BCUT2D eigenvalue weighted by molar-refractivity contribution is 5.21. The van der Waals surface area contributed by atoms with E-state index in [0.29, 0.717) is 0 Å². The van der Waals surface area contributed by atoms with Gasteiger partial charge < -0.3 is 10.2 Å². The SMILES string of the molecule is Nc1nnc(C2(C3CCCC3)CC2)o1. The average molecular weight is 193 g/mol. The van der Waals surface area contributed by atoms with Crippen LogP contribution >= 0.6 is 0 Å². The number of nitrogen functional groups attached to an aromatic ring is 1. The lowest BCUT2D eigenvalue weighted by molar-refractivity contribution is 0.336. The molecule has 14 heavy (non-hydrogen) atoms. The van der Waals surface area contributed by atoms with Crippen molar-refractivity contribution in [2.75, 3.05) is 5.73 Å².